The zero-order chi connectivity index (χ0) is 22.0. The third-order valence-corrected chi connectivity index (χ3v) is 5.94. The average molecular weight is 409 g/mol. The molecule has 2 aromatic rings. The van der Waals surface area contributed by atoms with E-state index in [0.29, 0.717) is 0 Å². The molecule has 4 rings (SSSR count). The second kappa shape index (κ2) is 6.50. The molecule has 0 saturated heterocycles. The number of hydrogen-bond donors (Lipinski definition) is 2. The van der Waals surface area contributed by atoms with Gasteiger partial charge in [-0.25, -0.2) is 0 Å². The molecule has 30 heavy (non-hydrogen) atoms. The van der Waals surface area contributed by atoms with Crippen molar-refractivity contribution >= 4 is 23.3 Å². The molecule has 2 aliphatic carbocycles. The number of methoxy groups -OCH3 is 1. The number of carbonyl (C=O) groups is 4. The summed E-state index contributed by atoms with van der Waals surface area (Å²) >= 11 is 0. The van der Waals surface area contributed by atoms with Gasteiger partial charge in [-0.2, -0.15) is 0 Å². The molecule has 0 heterocycles. The fourth-order valence-corrected chi connectivity index (χ4v) is 4.39. The van der Waals surface area contributed by atoms with E-state index < -0.39 is 63.9 Å². The number of phenols is 1. The lowest BCUT2D eigenvalue weighted by molar-refractivity contribution is -0.269. The van der Waals surface area contributed by atoms with E-state index in [1.807, 2.05) is 0 Å². The van der Waals surface area contributed by atoms with Crippen LogP contribution in [0.2, 0.25) is 0 Å². The van der Waals surface area contributed by atoms with E-state index in [2.05, 4.69) is 0 Å². The summed E-state index contributed by atoms with van der Waals surface area (Å²) in [5, 5.41) is 34.2. The van der Waals surface area contributed by atoms with E-state index in [9.17, 15) is 34.5 Å². The zero-order valence-corrected chi connectivity index (χ0v) is 16.1. The van der Waals surface area contributed by atoms with Crippen LogP contribution in [-0.2, 0) is 9.53 Å². The number of ketones is 3. The lowest BCUT2D eigenvalue weighted by atomic mass is 9.67. The van der Waals surface area contributed by atoms with Crippen molar-refractivity contribution in [1.29, 1.82) is 0 Å². The quantitative estimate of drug-likeness (QED) is 0.602. The van der Waals surface area contributed by atoms with Crippen LogP contribution in [0, 0.1) is 0 Å². The maximum Gasteiger partial charge on any atom is 0.316 e. The number of hydrogen-bond acceptors (Lipinski definition) is 8. The molecule has 0 aromatic heterocycles. The van der Waals surface area contributed by atoms with Gasteiger partial charge in [0, 0.05) is 28.7 Å². The van der Waals surface area contributed by atoms with Gasteiger partial charge in [-0.1, -0.05) is 24.8 Å². The number of fused-ring (bicyclic) bond motifs is 3. The molecule has 0 amide bonds. The van der Waals surface area contributed by atoms with Crippen LogP contribution in [0.5, 0.6) is 11.5 Å². The maximum atomic E-state index is 13.2. The monoisotopic (exact) mass is 409 g/mol. The first kappa shape index (κ1) is 19.8. The summed E-state index contributed by atoms with van der Waals surface area (Å²) in [5.74, 6) is -5.97. The number of esters is 1. The second-order valence-corrected chi connectivity index (χ2v) is 7.46. The number of carbonyl (C=O) groups excluding carboxylic acids is 4. The van der Waals surface area contributed by atoms with Crippen molar-refractivity contribution in [3.05, 3.63) is 57.6 Å². The largest absolute Gasteiger partial charge is 0.871 e. The number of aliphatic hydroxyl groups is 1. The number of Topliss-reactive ketones (excluding diaryl/α,β-unsaturated/α-hetero) is 1. The van der Waals surface area contributed by atoms with Crippen LogP contribution < -0.4 is 5.11 Å². The molecule has 0 fully saturated rings. The molecule has 8 heteroatoms. The Bertz CT molecular complexity index is 1160. The third-order valence-electron chi connectivity index (χ3n) is 5.94. The lowest BCUT2D eigenvalue weighted by Crippen LogP contribution is -2.47. The van der Waals surface area contributed by atoms with Gasteiger partial charge in [0.1, 0.15) is 11.7 Å². The third kappa shape index (κ3) is 2.43. The molecule has 2 N–H and O–H groups in total. The van der Waals surface area contributed by atoms with Crippen LogP contribution in [-0.4, -0.2) is 46.2 Å². The van der Waals surface area contributed by atoms with Crippen molar-refractivity contribution in [3.8, 4) is 11.5 Å². The van der Waals surface area contributed by atoms with Gasteiger partial charge < -0.3 is 20.1 Å². The van der Waals surface area contributed by atoms with Crippen molar-refractivity contribution < 1.29 is 39.2 Å². The maximum absolute atomic E-state index is 13.2. The van der Waals surface area contributed by atoms with Crippen LogP contribution >= 0.6 is 0 Å². The Kier molecular flexibility index (Phi) is 4.28. The highest BCUT2D eigenvalue weighted by Gasteiger charge is 2.50. The Morgan fingerprint density at radius 1 is 1.17 bits per heavy atom. The molecule has 0 radical (unpaired) electrons. The predicted octanol–water partition coefficient (Wildman–Crippen LogP) is 1.23. The SMILES string of the molecule is CC[C@@]1(O)CC(=O)c2c(cc3c(c2[O-])C(=O)c2c(O)cccc2C3=O)[C@H]1C(=O)OC. The number of rotatable bonds is 2. The fraction of sp³-hybridized carbons (Fsp3) is 0.273. The topological polar surface area (TPSA) is 141 Å². The Balaban J connectivity index is 2.06. The highest BCUT2D eigenvalue weighted by molar-refractivity contribution is 6.31. The molecule has 0 aliphatic heterocycles. The minimum atomic E-state index is -1.80. The van der Waals surface area contributed by atoms with Gasteiger partial charge in [0.05, 0.1) is 18.3 Å². The summed E-state index contributed by atoms with van der Waals surface area (Å²) in [7, 11) is 1.11. The van der Waals surface area contributed by atoms with Gasteiger partial charge in [0.2, 0.25) is 0 Å². The standard InChI is InChI=1S/C22H18O8/c1-3-22(29)8-13(24)15-10(17(22)21(28)30-2)7-11-16(20(15)27)19(26)14-9(18(11)25)5-4-6-12(14)23/h4-7,17,23,27,29H,3,8H2,1-2H3/p-1/t17-,22+/m0/s1. The van der Waals surface area contributed by atoms with E-state index >= 15 is 0 Å². The Morgan fingerprint density at radius 2 is 1.87 bits per heavy atom. The summed E-state index contributed by atoms with van der Waals surface area (Å²) in [5.41, 5.74) is -3.52. The van der Waals surface area contributed by atoms with Crippen molar-refractivity contribution in [2.24, 2.45) is 0 Å². The van der Waals surface area contributed by atoms with Crippen molar-refractivity contribution in [2.75, 3.05) is 7.11 Å². The van der Waals surface area contributed by atoms with Gasteiger partial charge >= 0.3 is 5.97 Å². The molecule has 2 atom stereocenters. The molecule has 8 nitrogen and oxygen atoms in total. The minimum absolute atomic E-state index is 0.0206. The molecule has 154 valence electrons. The van der Waals surface area contributed by atoms with Gasteiger partial charge in [0.15, 0.2) is 17.3 Å². The van der Waals surface area contributed by atoms with Gasteiger partial charge in [-0.05, 0) is 24.1 Å². The van der Waals surface area contributed by atoms with E-state index in [1.165, 1.54) is 18.2 Å². The molecule has 0 bridgehead atoms. The number of aromatic hydroxyl groups is 1. The predicted molar refractivity (Wildman–Crippen MR) is 99.8 cm³/mol. The lowest BCUT2D eigenvalue weighted by Gasteiger charge is -2.40. The molecular formula is C22H17O8-. The summed E-state index contributed by atoms with van der Waals surface area (Å²) in [6, 6.07) is 5.10. The normalized spacial score (nSPS) is 22.2. The second-order valence-electron chi connectivity index (χ2n) is 7.46. The van der Waals surface area contributed by atoms with E-state index in [0.717, 1.165) is 13.2 Å². The van der Waals surface area contributed by atoms with Crippen molar-refractivity contribution in [2.45, 2.75) is 31.3 Å². The highest BCUT2D eigenvalue weighted by atomic mass is 16.5. The zero-order valence-electron chi connectivity index (χ0n) is 16.1. The molecule has 0 unspecified atom stereocenters. The van der Waals surface area contributed by atoms with Crippen LogP contribution in [0.25, 0.3) is 0 Å². The Labute approximate surface area is 170 Å². The van der Waals surface area contributed by atoms with Gasteiger partial charge in [0.25, 0.3) is 0 Å². The molecule has 0 spiro atoms. The first-order valence-electron chi connectivity index (χ1n) is 9.29. The first-order chi connectivity index (χ1) is 14.2. The summed E-state index contributed by atoms with van der Waals surface area (Å²) < 4.78 is 4.79. The van der Waals surface area contributed by atoms with Crippen molar-refractivity contribution in [3.63, 3.8) is 0 Å². The molecule has 2 aromatic carbocycles. The van der Waals surface area contributed by atoms with E-state index in [1.54, 1.807) is 6.92 Å². The van der Waals surface area contributed by atoms with Crippen molar-refractivity contribution in [1.82, 2.24) is 0 Å². The molecular weight excluding hydrogens is 392 g/mol. The summed E-state index contributed by atoms with van der Waals surface area (Å²) in [4.78, 5) is 51.3. The van der Waals surface area contributed by atoms with Gasteiger partial charge in [-0.15, -0.1) is 0 Å². The average Bonchev–Trinajstić information content (AvgIpc) is 2.70. The molecule has 2 aliphatic rings. The number of phenolic OH excluding ortho intramolecular Hbond substituents is 1. The minimum Gasteiger partial charge on any atom is -0.871 e. The van der Waals surface area contributed by atoms with Crippen LogP contribution in [0.4, 0.5) is 0 Å². The molecule has 0 saturated carbocycles. The van der Waals surface area contributed by atoms with Crippen LogP contribution in [0.3, 0.4) is 0 Å². The van der Waals surface area contributed by atoms with Crippen LogP contribution in [0.15, 0.2) is 24.3 Å². The smallest absolute Gasteiger partial charge is 0.316 e. The highest BCUT2D eigenvalue weighted by Crippen LogP contribution is 2.47. The first-order valence-corrected chi connectivity index (χ1v) is 9.29. The fourth-order valence-electron chi connectivity index (χ4n) is 4.39. The number of ether oxygens (including phenoxy) is 1. The van der Waals surface area contributed by atoms with Gasteiger partial charge in [-0.3, -0.25) is 19.2 Å². The van der Waals surface area contributed by atoms with Crippen LogP contribution in [0.1, 0.15) is 73.4 Å². The summed E-state index contributed by atoms with van der Waals surface area (Å²) in [6.07, 6.45) is -0.485. The Morgan fingerprint density at radius 3 is 2.50 bits per heavy atom. The number of benzene rings is 2. The summed E-state index contributed by atoms with van der Waals surface area (Å²) in [6.45, 7) is 1.58. The van der Waals surface area contributed by atoms with E-state index in [-0.39, 0.29) is 28.7 Å². The Hall–Kier alpha value is -3.52. The van der Waals surface area contributed by atoms with E-state index in [4.69, 9.17) is 4.74 Å².